The van der Waals surface area contributed by atoms with Gasteiger partial charge < -0.3 is 9.12 Å². The monoisotopic (exact) mass is 437 g/mol. The van der Waals surface area contributed by atoms with E-state index in [1.807, 2.05) is 0 Å². The number of imidazole rings is 2. The summed E-state index contributed by atoms with van der Waals surface area (Å²) in [5.74, 6) is 0.685. The van der Waals surface area contributed by atoms with E-state index in [1.54, 1.807) is 44.8 Å². The SMILES string of the molecule is CC[S+]([O-])c1cc2c(cc1-c1nc3cc(C(F)(F)F)ncc3n1C)n(C)c(=O)n2C. The van der Waals surface area contributed by atoms with Gasteiger partial charge in [0.1, 0.15) is 17.3 Å². The van der Waals surface area contributed by atoms with Crippen molar-refractivity contribution in [1.82, 2.24) is 23.7 Å². The first-order valence-corrected chi connectivity index (χ1v) is 10.3. The molecule has 0 fully saturated rings. The first-order chi connectivity index (χ1) is 14.0. The van der Waals surface area contributed by atoms with Crippen molar-refractivity contribution in [3.05, 3.63) is 40.6 Å². The number of hydrogen-bond acceptors (Lipinski definition) is 4. The number of alkyl halides is 3. The molecule has 3 heterocycles. The van der Waals surface area contributed by atoms with Crippen molar-refractivity contribution in [1.29, 1.82) is 0 Å². The maximum Gasteiger partial charge on any atom is 0.433 e. The molecule has 0 aliphatic carbocycles. The van der Waals surface area contributed by atoms with Gasteiger partial charge in [-0.3, -0.25) is 9.13 Å². The fourth-order valence-corrected chi connectivity index (χ4v) is 4.48. The van der Waals surface area contributed by atoms with E-state index in [0.717, 1.165) is 12.3 Å². The van der Waals surface area contributed by atoms with Crippen LogP contribution in [-0.4, -0.2) is 34.0 Å². The first kappa shape index (κ1) is 20.5. The summed E-state index contributed by atoms with van der Waals surface area (Å²) in [6.07, 6.45) is -3.45. The Morgan fingerprint density at radius 1 is 1.03 bits per heavy atom. The van der Waals surface area contributed by atoms with E-state index in [4.69, 9.17) is 0 Å². The van der Waals surface area contributed by atoms with Gasteiger partial charge in [0.15, 0.2) is 4.90 Å². The third-order valence-corrected chi connectivity index (χ3v) is 6.53. The molecule has 0 aliphatic heterocycles. The Kier molecular flexibility index (Phi) is 4.70. The highest BCUT2D eigenvalue weighted by Gasteiger charge is 2.33. The van der Waals surface area contributed by atoms with E-state index in [-0.39, 0.29) is 11.2 Å². The Hall–Kier alpha value is -2.79. The average Bonchev–Trinajstić information content (AvgIpc) is 3.15. The lowest BCUT2D eigenvalue weighted by Gasteiger charge is -2.13. The van der Waals surface area contributed by atoms with Crippen molar-refractivity contribution in [3.63, 3.8) is 0 Å². The predicted molar refractivity (Wildman–Crippen MR) is 108 cm³/mol. The van der Waals surface area contributed by atoms with Crippen LogP contribution in [0.15, 0.2) is 34.1 Å². The van der Waals surface area contributed by atoms with Crippen LogP contribution in [0.5, 0.6) is 0 Å². The molecular weight excluding hydrogens is 419 g/mol. The molecule has 158 valence electrons. The van der Waals surface area contributed by atoms with E-state index in [1.165, 1.54) is 9.13 Å². The summed E-state index contributed by atoms with van der Waals surface area (Å²) >= 11 is -1.39. The van der Waals surface area contributed by atoms with Crippen LogP contribution in [0.4, 0.5) is 13.2 Å². The molecule has 1 unspecified atom stereocenters. The zero-order valence-corrected chi connectivity index (χ0v) is 17.4. The molecule has 4 aromatic rings. The Morgan fingerprint density at radius 2 is 1.67 bits per heavy atom. The molecule has 0 radical (unpaired) electrons. The number of rotatable bonds is 3. The number of aromatic nitrogens is 5. The molecule has 0 saturated carbocycles. The third kappa shape index (κ3) is 3.00. The van der Waals surface area contributed by atoms with E-state index in [2.05, 4.69) is 9.97 Å². The number of benzene rings is 1. The quantitative estimate of drug-likeness (QED) is 0.462. The first-order valence-electron chi connectivity index (χ1n) is 9.02. The summed E-state index contributed by atoms with van der Waals surface area (Å²) in [5, 5.41) is 0. The number of nitrogens with zero attached hydrogens (tertiary/aromatic N) is 5. The maximum absolute atomic E-state index is 13.0. The second-order valence-corrected chi connectivity index (χ2v) is 8.63. The number of fused-ring (bicyclic) bond motifs is 2. The fraction of sp³-hybridized carbons (Fsp3) is 0.316. The summed E-state index contributed by atoms with van der Waals surface area (Å²) < 4.78 is 56.5. The van der Waals surface area contributed by atoms with Crippen LogP contribution in [0.1, 0.15) is 12.6 Å². The van der Waals surface area contributed by atoms with Crippen LogP contribution < -0.4 is 5.69 Å². The van der Waals surface area contributed by atoms with Gasteiger partial charge in [0.2, 0.25) is 0 Å². The molecule has 30 heavy (non-hydrogen) atoms. The summed E-state index contributed by atoms with van der Waals surface area (Å²) in [5.41, 5.74) is 0.991. The minimum atomic E-state index is -4.58. The predicted octanol–water partition coefficient (Wildman–Crippen LogP) is 2.97. The van der Waals surface area contributed by atoms with Gasteiger partial charge in [0.25, 0.3) is 0 Å². The van der Waals surface area contributed by atoms with E-state index in [9.17, 15) is 22.5 Å². The summed E-state index contributed by atoms with van der Waals surface area (Å²) in [6, 6.07) is 4.29. The minimum absolute atomic E-state index is 0.130. The lowest BCUT2D eigenvalue weighted by Crippen LogP contribution is -2.19. The van der Waals surface area contributed by atoms with Gasteiger partial charge in [-0.15, -0.1) is 0 Å². The molecule has 0 aliphatic rings. The van der Waals surface area contributed by atoms with E-state index in [0.29, 0.717) is 38.6 Å². The molecule has 0 N–H and O–H groups in total. The Balaban J connectivity index is 2.04. The Labute approximate surface area is 172 Å². The van der Waals surface area contributed by atoms with E-state index >= 15 is 0 Å². The molecular formula is C19H18F3N5O2S. The Bertz CT molecular complexity index is 1350. The number of hydrogen-bond donors (Lipinski definition) is 0. The second kappa shape index (κ2) is 6.88. The van der Waals surface area contributed by atoms with E-state index < -0.39 is 23.0 Å². The standard InChI is InChI=1S/C19H18F3N5O2S/c1-5-30(29)15-8-13-12(26(3)18(28)27(13)4)6-10(15)17-24-11-7-16(19(20,21)22)23-9-14(11)25(17)2/h6-9H,5H2,1-4H3. The van der Waals surface area contributed by atoms with Gasteiger partial charge >= 0.3 is 11.9 Å². The lowest BCUT2D eigenvalue weighted by atomic mass is 10.2. The minimum Gasteiger partial charge on any atom is -0.611 e. The van der Waals surface area contributed by atoms with Crippen LogP contribution in [0.25, 0.3) is 33.5 Å². The second-order valence-electron chi connectivity index (χ2n) is 6.92. The largest absolute Gasteiger partial charge is 0.611 e. The third-order valence-electron chi connectivity index (χ3n) is 5.18. The number of halogens is 3. The summed E-state index contributed by atoms with van der Waals surface area (Å²) in [6.45, 7) is 1.77. The molecule has 11 heteroatoms. The van der Waals surface area contributed by atoms with Crippen LogP contribution >= 0.6 is 0 Å². The molecule has 1 atom stereocenters. The molecule has 0 saturated heterocycles. The normalized spacial score (nSPS) is 13.5. The van der Waals surface area contributed by atoms with Crippen molar-refractivity contribution in [2.24, 2.45) is 21.1 Å². The van der Waals surface area contributed by atoms with Crippen LogP contribution in [0.2, 0.25) is 0 Å². The highest BCUT2D eigenvalue weighted by molar-refractivity contribution is 7.91. The highest BCUT2D eigenvalue weighted by atomic mass is 32.2. The van der Waals surface area contributed by atoms with Crippen molar-refractivity contribution < 1.29 is 17.7 Å². The van der Waals surface area contributed by atoms with Gasteiger partial charge in [-0.2, -0.15) is 13.2 Å². The van der Waals surface area contributed by atoms with Crippen molar-refractivity contribution >= 4 is 33.2 Å². The molecule has 0 bridgehead atoms. The zero-order valence-electron chi connectivity index (χ0n) is 16.6. The van der Waals surface area contributed by atoms with Gasteiger partial charge in [0, 0.05) is 27.2 Å². The lowest BCUT2D eigenvalue weighted by molar-refractivity contribution is -0.141. The molecule has 7 nitrogen and oxygen atoms in total. The number of pyridine rings is 1. The Morgan fingerprint density at radius 3 is 2.27 bits per heavy atom. The van der Waals surface area contributed by atoms with Crippen molar-refractivity contribution in [2.45, 2.75) is 18.0 Å². The summed E-state index contributed by atoms with van der Waals surface area (Å²) in [4.78, 5) is 20.7. The molecule has 0 spiro atoms. The van der Waals surface area contributed by atoms with Crippen LogP contribution in [0, 0.1) is 0 Å². The average molecular weight is 437 g/mol. The maximum atomic E-state index is 13.0. The molecule has 3 aromatic heterocycles. The zero-order chi connectivity index (χ0) is 22.0. The van der Waals surface area contributed by atoms with Crippen molar-refractivity contribution in [2.75, 3.05) is 5.75 Å². The topological polar surface area (TPSA) is 80.7 Å². The molecule has 0 amide bonds. The van der Waals surface area contributed by atoms with Crippen molar-refractivity contribution in [3.8, 4) is 11.4 Å². The van der Waals surface area contributed by atoms with Crippen LogP contribution in [0.3, 0.4) is 0 Å². The highest BCUT2D eigenvalue weighted by Crippen LogP contribution is 2.34. The molecule has 4 rings (SSSR count). The number of aryl methyl sites for hydroxylation is 3. The molecule has 1 aromatic carbocycles. The fourth-order valence-electron chi connectivity index (χ4n) is 3.53. The van der Waals surface area contributed by atoms with Crippen LogP contribution in [-0.2, 0) is 38.5 Å². The van der Waals surface area contributed by atoms with Gasteiger partial charge in [-0.25, -0.2) is 14.8 Å². The van der Waals surface area contributed by atoms with Gasteiger partial charge in [0.05, 0.1) is 33.8 Å². The van der Waals surface area contributed by atoms with Gasteiger partial charge in [-0.05, 0) is 30.2 Å². The summed E-state index contributed by atoms with van der Waals surface area (Å²) in [7, 11) is 4.91. The smallest absolute Gasteiger partial charge is 0.433 e. The van der Waals surface area contributed by atoms with Gasteiger partial charge in [-0.1, -0.05) is 0 Å².